The number of nitrogens with zero attached hydrogens (tertiary/aromatic N) is 1. The Balaban J connectivity index is 1.61. The zero-order valence-corrected chi connectivity index (χ0v) is 22.8. The summed E-state index contributed by atoms with van der Waals surface area (Å²) in [6.45, 7) is 0.589. The molecule has 39 heavy (non-hydrogen) atoms. The highest BCUT2D eigenvalue weighted by Gasteiger charge is 2.30. The average Bonchev–Trinajstić information content (AvgIpc) is 2.98. The fraction of sp³-hybridized carbons (Fsp3) is 0.212. The quantitative estimate of drug-likeness (QED) is 0.231. The molecule has 0 unspecified atom stereocenters. The first-order valence-corrected chi connectivity index (χ1v) is 13.4. The smallest absolute Gasteiger partial charge is 0.243 e. The minimum Gasteiger partial charge on any atom is -0.496 e. The highest BCUT2D eigenvalue weighted by atomic mass is 35.5. The molecule has 5 nitrogen and oxygen atoms in total. The van der Waals surface area contributed by atoms with Crippen LogP contribution in [0.4, 0.5) is 0 Å². The number of halogens is 1. The molecule has 2 amide bonds. The number of methoxy groups -OCH3 is 1. The van der Waals surface area contributed by atoms with Crippen molar-refractivity contribution in [3.8, 4) is 5.75 Å². The van der Waals surface area contributed by atoms with Crippen molar-refractivity contribution in [3.05, 3.63) is 136 Å². The lowest BCUT2D eigenvalue weighted by Gasteiger charge is -2.32. The van der Waals surface area contributed by atoms with E-state index in [1.54, 1.807) is 24.1 Å². The van der Waals surface area contributed by atoms with Crippen molar-refractivity contribution in [2.75, 3.05) is 7.11 Å². The maximum absolute atomic E-state index is 13.8. The Morgan fingerprint density at radius 2 is 1.41 bits per heavy atom. The Kier molecular flexibility index (Phi) is 10.1. The molecule has 0 saturated carbocycles. The monoisotopic (exact) mass is 540 g/mol. The number of amides is 2. The van der Waals surface area contributed by atoms with Crippen LogP contribution >= 0.6 is 11.6 Å². The lowest BCUT2D eigenvalue weighted by Crippen LogP contribution is -2.50. The van der Waals surface area contributed by atoms with Gasteiger partial charge in [-0.1, -0.05) is 103 Å². The van der Waals surface area contributed by atoms with Crippen molar-refractivity contribution < 1.29 is 14.3 Å². The number of rotatable bonds is 12. The highest BCUT2D eigenvalue weighted by molar-refractivity contribution is 6.30. The maximum atomic E-state index is 13.8. The van der Waals surface area contributed by atoms with Gasteiger partial charge in [0.2, 0.25) is 11.8 Å². The first-order valence-electron chi connectivity index (χ1n) is 13.0. The van der Waals surface area contributed by atoms with Crippen LogP contribution in [0.25, 0.3) is 0 Å². The van der Waals surface area contributed by atoms with E-state index in [4.69, 9.17) is 16.3 Å². The Morgan fingerprint density at radius 1 is 0.795 bits per heavy atom. The number of carbonyl (C=O) groups is 2. The second-order valence-electron chi connectivity index (χ2n) is 9.37. The van der Waals surface area contributed by atoms with Crippen LogP contribution in [-0.2, 0) is 35.5 Å². The van der Waals surface area contributed by atoms with Crippen LogP contribution in [0.2, 0.25) is 5.02 Å². The summed E-state index contributed by atoms with van der Waals surface area (Å²) in [5.41, 5.74) is 3.83. The molecule has 1 N–H and O–H groups in total. The summed E-state index contributed by atoms with van der Waals surface area (Å²) in [6.07, 6.45) is 1.28. The van der Waals surface area contributed by atoms with Crippen molar-refractivity contribution in [1.29, 1.82) is 0 Å². The molecule has 0 saturated heterocycles. The Bertz CT molecular complexity index is 1340. The predicted molar refractivity (Wildman–Crippen MR) is 156 cm³/mol. The number of hydrogen-bond acceptors (Lipinski definition) is 3. The van der Waals surface area contributed by atoms with Crippen LogP contribution in [0, 0.1) is 0 Å². The van der Waals surface area contributed by atoms with Crippen molar-refractivity contribution in [1.82, 2.24) is 10.2 Å². The molecule has 4 aromatic carbocycles. The van der Waals surface area contributed by atoms with E-state index >= 15 is 0 Å². The number of ether oxygens (including phenoxy) is 1. The van der Waals surface area contributed by atoms with Gasteiger partial charge in [-0.3, -0.25) is 9.59 Å². The molecule has 0 radical (unpaired) electrons. The van der Waals surface area contributed by atoms with E-state index in [9.17, 15) is 9.59 Å². The number of carbonyl (C=O) groups excluding carboxylic acids is 2. The van der Waals surface area contributed by atoms with Crippen molar-refractivity contribution in [2.24, 2.45) is 0 Å². The second-order valence-corrected chi connectivity index (χ2v) is 9.81. The highest BCUT2D eigenvalue weighted by Crippen LogP contribution is 2.20. The van der Waals surface area contributed by atoms with Crippen LogP contribution in [0.1, 0.15) is 28.7 Å². The molecule has 0 spiro atoms. The van der Waals surface area contributed by atoms with Gasteiger partial charge in [-0.15, -0.1) is 0 Å². The van der Waals surface area contributed by atoms with Crippen molar-refractivity contribution in [2.45, 2.75) is 38.4 Å². The van der Waals surface area contributed by atoms with Crippen molar-refractivity contribution in [3.63, 3.8) is 0 Å². The minimum atomic E-state index is -0.707. The van der Waals surface area contributed by atoms with Gasteiger partial charge in [-0.05, 0) is 41.3 Å². The summed E-state index contributed by atoms with van der Waals surface area (Å²) in [7, 11) is 1.61. The third-order valence-corrected chi connectivity index (χ3v) is 6.91. The van der Waals surface area contributed by atoms with Crippen LogP contribution in [0.5, 0.6) is 5.75 Å². The molecular formula is C33H33ClN2O3. The molecule has 0 aliphatic carbocycles. The van der Waals surface area contributed by atoms with E-state index in [0.717, 1.165) is 22.3 Å². The fourth-order valence-electron chi connectivity index (χ4n) is 4.53. The van der Waals surface area contributed by atoms with E-state index in [1.165, 1.54) is 0 Å². The normalized spacial score (nSPS) is 11.4. The van der Waals surface area contributed by atoms with Gasteiger partial charge in [-0.25, -0.2) is 0 Å². The summed E-state index contributed by atoms with van der Waals surface area (Å²) < 4.78 is 5.46. The van der Waals surface area contributed by atoms with Gasteiger partial charge in [-0.2, -0.15) is 0 Å². The van der Waals surface area contributed by atoms with Crippen LogP contribution in [0.15, 0.2) is 109 Å². The van der Waals surface area contributed by atoms with Gasteiger partial charge in [0.25, 0.3) is 0 Å². The summed E-state index contributed by atoms with van der Waals surface area (Å²) in [5, 5.41) is 3.69. The number of hydrogen-bond donors (Lipinski definition) is 1. The standard InChI is InChI=1S/C33H33ClN2O3/c1-39-31-15-9-8-14-28(31)23-35-33(38)30(22-26-12-6-3-7-13-26)36(24-27-16-19-29(34)20-17-27)32(37)21-18-25-10-4-2-5-11-25/h2-17,19-20,30H,18,21-24H2,1H3,(H,35,38)/t30-/m0/s1. The zero-order chi connectivity index (χ0) is 27.5. The van der Waals surface area contributed by atoms with E-state index in [-0.39, 0.29) is 11.8 Å². The maximum Gasteiger partial charge on any atom is 0.243 e. The Labute approximate surface area is 235 Å². The third kappa shape index (κ3) is 8.20. The number of nitrogens with one attached hydrogen (secondary N) is 1. The molecule has 0 aliphatic rings. The number of aryl methyl sites for hydroxylation is 1. The average molecular weight is 541 g/mol. The number of para-hydroxylation sites is 1. The summed E-state index contributed by atoms with van der Waals surface area (Å²) >= 11 is 6.12. The molecule has 4 aromatic rings. The second kappa shape index (κ2) is 14.2. The molecule has 4 rings (SSSR count). The molecule has 1 atom stereocenters. The number of benzene rings is 4. The molecule has 0 aliphatic heterocycles. The predicted octanol–water partition coefficient (Wildman–Crippen LogP) is 6.24. The van der Waals surface area contributed by atoms with E-state index in [0.29, 0.717) is 43.1 Å². The van der Waals surface area contributed by atoms with Crippen LogP contribution < -0.4 is 10.1 Å². The van der Waals surface area contributed by atoms with Gasteiger partial charge in [0.05, 0.1) is 7.11 Å². The lowest BCUT2D eigenvalue weighted by atomic mass is 10.0. The first kappa shape index (κ1) is 27.9. The summed E-state index contributed by atoms with van der Waals surface area (Å²) in [6, 6.07) is 34.0. The summed E-state index contributed by atoms with van der Waals surface area (Å²) in [5.74, 6) is 0.406. The van der Waals surface area contributed by atoms with Crippen LogP contribution in [0.3, 0.4) is 0 Å². The van der Waals surface area contributed by atoms with E-state index in [2.05, 4.69) is 5.32 Å². The molecule has 0 fully saturated rings. The first-order chi connectivity index (χ1) is 19.0. The summed E-state index contributed by atoms with van der Waals surface area (Å²) in [4.78, 5) is 29.3. The van der Waals surface area contributed by atoms with Gasteiger partial charge < -0.3 is 15.0 Å². The SMILES string of the molecule is COc1ccccc1CNC(=O)[C@H](Cc1ccccc1)N(Cc1ccc(Cl)cc1)C(=O)CCc1ccccc1. The van der Waals surface area contributed by atoms with E-state index in [1.807, 2.05) is 97.1 Å². The molecule has 0 bridgehead atoms. The molecule has 200 valence electrons. The fourth-order valence-corrected chi connectivity index (χ4v) is 4.66. The van der Waals surface area contributed by atoms with E-state index < -0.39 is 6.04 Å². The molecule has 6 heteroatoms. The van der Waals surface area contributed by atoms with Gasteiger partial charge in [0.15, 0.2) is 0 Å². The third-order valence-electron chi connectivity index (χ3n) is 6.65. The van der Waals surface area contributed by atoms with Gasteiger partial charge >= 0.3 is 0 Å². The Hall–Kier alpha value is -4.09. The van der Waals surface area contributed by atoms with Crippen LogP contribution in [-0.4, -0.2) is 29.9 Å². The van der Waals surface area contributed by atoms with Crippen molar-refractivity contribution >= 4 is 23.4 Å². The minimum absolute atomic E-state index is 0.0813. The van der Waals surface area contributed by atoms with Gasteiger partial charge in [0, 0.05) is 36.5 Å². The largest absolute Gasteiger partial charge is 0.496 e. The zero-order valence-electron chi connectivity index (χ0n) is 22.1. The molecular weight excluding hydrogens is 508 g/mol. The van der Waals surface area contributed by atoms with Gasteiger partial charge in [0.1, 0.15) is 11.8 Å². The molecule has 0 aromatic heterocycles. The lowest BCUT2D eigenvalue weighted by molar-refractivity contribution is -0.141. The Morgan fingerprint density at radius 3 is 2.08 bits per heavy atom. The topological polar surface area (TPSA) is 58.6 Å². The molecule has 0 heterocycles.